The van der Waals surface area contributed by atoms with Crippen LogP contribution in [0.15, 0.2) is 60.8 Å². The highest BCUT2D eigenvalue weighted by molar-refractivity contribution is 6.05. The highest BCUT2D eigenvalue weighted by Crippen LogP contribution is 2.27. The molecule has 1 atom stereocenters. The number of rotatable bonds is 4. The Kier molecular flexibility index (Phi) is 4.94. The maximum atomic E-state index is 12.9. The van der Waals surface area contributed by atoms with E-state index in [-0.39, 0.29) is 5.91 Å². The number of amides is 1. The van der Waals surface area contributed by atoms with Crippen LogP contribution in [0.1, 0.15) is 34.1 Å². The van der Waals surface area contributed by atoms with Gasteiger partial charge in [-0.1, -0.05) is 30.3 Å². The number of hydrogen-bond donors (Lipinski definition) is 2. The summed E-state index contributed by atoms with van der Waals surface area (Å²) >= 11 is 0. The Labute approximate surface area is 158 Å². The maximum absolute atomic E-state index is 12.9. The summed E-state index contributed by atoms with van der Waals surface area (Å²) in [5.41, 5.74) is 4.41. The lowest BCUT2D eigenvalue weighted by Gasteiger charge is -2.15. The lowest BCUT2D eigenvalue weighted by atomic mass is 9.93. The van der Waals surface area contributed by atoms with Gasteiger partial charge in [0.1, 0.15) is 5.82 Å². The molecule has 5 heteroatoms. The van der Waals surface area contributed by atoms with E-state index < -0.39 is 0 Å². The van der Waals surface area contributed by atoms with Crippen molar-refractivity contribution in [2.75, 3.05) is 18.4 Å². The molecule has 3 aromatic rings. The molecule has 0 radical (unpaired) electrons. The molecule has 1 aromatic heterocycles. The van der Waals surface area contributed by atoms with Crippen LogP contribution >= 0.6 is 0 Å². The van der Waals surface area contributed by atoms with Crippen LogP contribution in [0.2, 0.25) is 0 Å². The van der Waals surface area contributed by atoms with Gasteiger partial charge in [0.05, 0.1) is 5.69 Å². The zero-order valence-electron chi connectivity index (χ0n) is 15.3. The fourth-order valence-corrected chi connectivity index (χ4v) is 3.55. The van der Waals surface area contributed by atoms with Gasteiger partial charge < -0.3 is 10.6 Å². The van der Waals surface area contributed by atoms with Gasteiger partial charge in [-0.15, -0.1) is 0 Å². The Morgan fingerprint density at radius 1 is 1.15 bits per heavy atom. The molecule has 1 aliphatic rings. The van der Waals surface area contributed by atoms with Gasteiger partial charge in [-0.3, -0.25) is 4.79 Å². The van der Waals surface area contributed by atoms with Crippen molar-refractivity contribution >= 4 is 11.6 Å². The molecular weight excluding hydrogens is 336 g/mol. The van der Waals surface area contributed by atoms with E-state index in [0.29, 0.717) is 5.92 Å². The zero-order valence-corrected chi connectivity index (χ0v) is 15.3. The maximum Gasteiger partial charge on any atom is 0.255 e. The van der Waals surface area contributed by atoms with Crippen LogP contribution in [0.4, 0.5) is 5.69 Å². The van der Waals surface area contributed by atoms with Gasteiger partial charge in [0, 0.05) is 29.6 Å². The molecule has 1 aliphatic heterocycles. The molecule has 2 N–H and O–H groups in total. The van der Waals surface area contributed by atoms with Gasteiger partial charge >= 0.3 is 0 Å². The fourth-order valence-electron chi connectivity index (χ4n) is 3.55. The van der Waals surface area contributed by atoms with E-state index in [1.165, 1.54) is 0 Å². The second-order valence-corrected chi connectivity index (χ2v) is 6.80. The normalized spacial score (nSPS) is 16.3. The number of aryl methyl sites for hydroxylation is 1. The molecule has 0 spiro atoms. The van der Waals surface area contributed by atoms with Gasteiger partial charge in [-0.25, -0.2) is 9.97 Å². The quantitative estimate of drug-likeness (QED) is 0.745. The molecule has 27 heavy (non-hydrogen) atoms. The number of aromatic nitrogens is 2. The summed E-state index contributed by atoms with van der Waals surface area (Å²) in [6.45, 7) is 3.79. The third-order valence-corrected chi connectivity index (χ3v) is 4.90. The summed E-state index contributed by atoms with van der Waals surface area (Å²) < 4.78 is 0. The first-order chi connectivity index (χ1) is 13.2. The van der Waals surface area contributed by atoms with E-state index in [1.807, 2.05) is 55.5 Å². The predicted molar refractivity (Wildman–Crippen MR) is 107 cm³/mol. The van der Waals surface area contributed by atoms with Crippen LogP contribution in [-0.4, -0.2) is 29.0 Å². The van der Waals surface area contributed by atoms with E-state index in [1.54, 1.807) is 6.20 Å². The summed E-state index contributed by atoms with van der Waals surface area (Å²) in [4.78, 5) is 21.5. The van der Waals surface area contributed by atoms with Crippen LogP contribution in [-0.2, 0) is 0 Å². The minimum absolute atomic E-state index is 0.0754. The molecule has 5 nitrogen and oxygen atoms in total. The molecule has 4 rings (SSSR count). The van der Waals surface area contributed by atoms with Gasteiger partial charge in [-0.2, -0.15) is 0 Å². The highest BCUT2D eigenvalue weighted by atomic mass is 16.1. The van der Waals surface area contributed by atoms with Gasteiger partial charge in [-0.05, 0) is 55.6 Å². The molecule has 0 aliphatic carbocycles. The van der Waals surface area contributed by atoms with Crippen molar-refractivity contribution < 1.29 is 4.79 Å². The van der Waals surface area contributed by atoms with E-state index in [2.05, 4.69) is 26.7 Å². The van der Waals surface area contributed by atoms with Crippen molar-refractivity contribution in [3.63, 3.8) is 0 Å². The average Bonchev–Trinajstić information content (AvgIpc) is 3.23. The van der Waals surface area contributed by atoms with Crippen molar-refractivity contribution in [1.82, 2.24) is 15.3 Å². The first kappa shape index (κ1) is 17.4. The van der Waals surface area contributed by atoms with Crippen LogP contribution in [0.3, 0.4) is 0 Å². The Morgan fingerprint density at radius 3 is 2.85 bits per heavy atom. The topological polar surface area (TPSA) is 66.9 Å². The van der Waals surface area contributed by atoms with Crippen LogP contribution in [0.5, 0.6) is 0 Å². The molecule has 2 aromatic carbocycles. The SMILES string of the molecule is Cc1nccc(-c2cccc(NC(=O)c3ccccc3[C@@H]3CCNC3)c2)n1. The Balaban J connectivity index is 1.58. The third-order valence-electron chi connectivity index (χ3n) is 4.90. The van der Waals surface area contributed by atoms with Crippen LogP contribution in [0.25, 0.3) is 11.3 Å². The molecule has 0 bridgehead atoms. The summed E-state index contributed by atoms with van der Waals surface area (Å²) in [6.07, 6.45) is 2.81. The first-order valence-corrected chi connectivity index (χ1v) is 9.22. The molecule has 1 fully saturated rings. The Hall–Kier alpha value is -3.05. The number of carbonyl (C=O) groups excluding carboxylic acids is 1. The summed E-state index contributed by atoms with van der Waals surface area (Å²) in [5.74, 6) is 1.04. The largest absolute Gasteiger partial charge is 0.322 e. The molecule has 0 unspecified atom stereocenters. The van der Waals surface area contributed by atoms with Crippen molar-refractivity contribution in [2.24, 2.45) is 0 Å². The van der Waals surface area contributed by atoms with Crippen molar-refractivity contribution in [2.45, 2.75) is 19.3 Å². The standard InChI is InChI=1S/C22H22N4O/c1-15-24-12-10-21(25-15)16-5-4-6-18(13-16)26-22(27)20-8-3-2-7-19(20)17-9-11-23-14-17/h2-8,10,12-13,17,23H,9,11,14H2,1H3,(H,26,27)/t17-/m1/s1. The number of nitrogens with zero attached hydrogens (tertiary/aromatic N) is 2. The minimum atomic E-state index is -0.0754. The number of carbonyl (C=O) groups is 1. The lowest BCUT2D eigenvalue weighted by molar-refractivity contribution is 0.102. The molecule has 136 valence electrons. The van der Waals surface area contributed by atoms with E-state index in [0.717, 1.165) is 53.4 Å². The minimum Gasteiger partial charge on any atom is -0.322 e. The van der Waals surface area contributed by atoms with E-state index >= 15 is 0 Å². The van der Waals surface area contributed by atoms with Crippen molar-refractivity contribution in [3.05, 3.63) is 77.7 Å². The predicted octanol–water partition coefficient (Wildman–Crippen LogP) is 3.78. The molecule has 1 amide bonds. The average molecular weight is 358 g/mol. The van der Waals surface area contributed by atoms with Crippen molar-refractivity contribution in [3.8, 4) is 11.3 Å². The molecule has 0 saturated carbocycles. The number of benzene rings is 2. The van der Waals surface area contributed by atoms with Crippen LogP contribution in [0, 0.1) is 6.92 Å². The number of nitrogens with one attached hydrogen (secondary N) is 2. The van der Waals surface area contributed by atoms with Gasteiger partial charge in [0.2, 0.25) is 0 Å². The number of hydrogen-bond acceptors (Lipinski definition) is 4. The second kappa shape index (κ2) is 7.68. The molecule has 1 saturated heterocycles. The van der Waals surface area contributed by atoms with Gasteiger partial charge in [0.15, 0.2) is 0 Å². The summed E-state index contributed by atoms with van der Waals surface area (Å²) in [6, 6.07) is 17.5. The molecule has 2 heterocycles. The summed E-state index contributed by atoms with van der Waals surface area (Å²) in [5, 5.41) is 6.42. The number of anilines is 1. The van der Waals surface area contributed by atoms with Gasteiger partial charge in [0.25, 0.3) is 5.91 Å². The smallest absolute Gasteiger partial charge is 0.255 e. The zero-order chi connectivity index (χ0) is 18.6. The lowest BCUT2D eigenvalue weighted by Crippen LogP contribution is -2.17. The first-order valence-electron chi connectivity index (χ1n) is 9.22. The van der Waals surface area contributed by atoms with E-state index in [9.17, 15) is 4.79 Å². The van der Waals surface area contributed by atoms with Crippen LogP contribution < -0.4 is 10.6 Å². The van der Waals surface area contributed by atoms with E-state index in [4.69, 9.17) is 0 Å². The fraction of sp³-hybridized carbons (Fsp3) is 0.227. The summed E-state index contributed by atoms with van der Waals surface area (Å²) in [7, 11) is 0. The third kappa shape index (κ3) is 3.88. The Morgan fingerprint density at radius 2 is 2.04 bits per heavy atom. The molecular formula is C22H22N4O. The van der Waals surface area contributed by atoms with Crippen molar-refractivity contribution in [1.29, 1.82) is 0 Å². The highest BCUT2D eigenvalue weighted by Gasteiger charge is 2.22. The monoisotopic (exact) mass is 358 g/mol. The Bertz CT molecular complexity index is 964. The second-order valence-electron chi connectivity index (χ2n) is 6.80.